The average Bonchev–Trinajstić information content (AvgIpc) is 3.43. The molecule has 1 saturated carbocycles. The molecule has 8 heteroatoms. The van der Waals surface area contributed by atoms with Crippen molar-refractivity contribution in [1.29, 1.82) is 0 Å². The van der Waals surface area contributed by atoms with Crippen molar-refractivity contribution in [3.63, 3.8) is 0 Å². The molecule has 2 aliphatic rings. The van der Waals surface area contributed by atoms with Crippen molar-refractivity contribution < 1.29 is 4.79 Å². The lowest BCUT2D eigenvalue weighted by Crippen LogP contribution is -2.47. The number of aryl methyl sites for hydroxylation is 1. The summed E-state index contributed by atoms with van der Waals surface area (Å²) >= 11 is 0. The van der Waals surface area contributed by atoms with Crippen molar-refractivity contribution in [1.82, 2.24) is 19.7 Å². The minimum Gasteiger partial charge on any atom is -0.334 e. The first-order valence-corrected chi connectivity index (χ1v) is 10.2. The number of fused-ring (bicyclic) bond motifs is 1. The molecule has 0 radical (unpaired) electrons. The summed E-state index contributed by atoms with van der Waals surface area (Å²) < 4.78 is 1.98. The van der Waals surface area contributed by atoms with Crippen LogP contribution in [0.5, 0.6) is 0 Å². The number of nitrogens with zero attached hydrogens (tertiary/aromatic N) is 4. The molecule has 1 atom stereocenters. The van der Waals surface area contributed by atoms with Gasteiger partial charge in [-0.3, -0.25) is 4.79 Å². The van der Waals surface area contributed by atoms with E-state index in [1.54, 1.807) is 0 Å². The molecule has 2 aromatic heterocycles. The first kappa shape index (κ1) is 23.9. The van der Waals surface area contributed by atoms with Gasteiger partial charge in [-0.05, 0) is 65.9 Å². The number of carbonyl (C=O) groups is 1. The Morgan fingerprint density at radius 3 is 2.48 bits per heavy atom. The van der Waals surface area contributed by atoms with Crippen molar-refractivity contribution in [3.8, 4) is 0 Å². The normalized spacial score (nSPS) is 19.6. The maximum Gasteiger partial charge on any atom is 0.255 e. The van der Waals surface area contributed by atoms with Gasteiger partial charge in [-0.15, -0.1) is 24.8 Å². The molecule has 4 rings (SSSR count). The van der Waals surface area contributed by atoms with Crippen LogP contribution in [0, 0.1) is 6.92 Å². The summed E-state index contributed by atoms with van der Waals surface area (Å²) in [5.74, 6) is 0.576. The van der Waals surface area contributed by atoms with Crippen LogP contribution in [-0.4, -0.2) is 44.7 Å². The van der Waals surface area contributed by atoms with E-state index in [1.165, 1.54) is 0 Å². The van der Waals surface area contributed by atoms with E-state index in [-0.39, 0.29) is 42.3 Å². The van der Waals surface area contributed by atoms with Crippen LogP contribution in [-0.2, 0) is 5.54 Å². The summed E-state index contributed by atoms with van der Waals surface area (Å²) in [7, 11) is 0. The van der Waals surface area contributed by atoms with Gasteiger partial charge in [0, 0.05) is 30.7 Å². The molecule has 1 aliphatic carbocycles. The number of hydrogen-bond acceptors (Lipinski definition) is 4. The fourth-order valence-corrected chi connectivity index (χ4v) is 4.20. The zero-order valence-electron chi connectivity index (χ0n) is 17.8. The van der Waals surface area contributed by atoms with Crippen molar-refractivity contribution >= 4 is 41.8 Å². The van der Waals surface area contributed by atoms with Crippen LogP contribution >= 0.6 is 24.8 Å². The Hall–Kier alpha value is -1.37. The molecule has 2 fully saturated rings. The van der Waals surface area contributed by atoms with Crippen LogP contribution in [0.4, 0.5) is 0 Å². The molecule has 2 N–H and O–H groups in total. The van der Waals surface area contributed by atoms with Gasteiger partial charge in [0.2, 0.25) is 0 Å². The minimum atomic E-state index is -0.188. The van der Waals surface area contributed by atoms with E-state index in [2.05, 4.69) is 20.8 Å². The maximum absolute atomic E-state index is 13.6. The highest BCUT2D eigenvalue weighted by Gasteiger charge is 2.33. The first-order chi connectivity index (χ1) is 12.8. The van der Waals surface area contributed by atoms with E-state index in [0.29, 0.717) is 12.5 Å². The van der Waals surface area contributed by atoms with Crippen LogP contribution in [0.2, 0.25) is 0 Å². The van der Waals surface area contributed by atoms with Gasteiger partial charge in [0.05, 0.1) is 22.2 Å². The predicted molar refractivity (Wildman–Crippen MR) is 121 cm³/mol. The van der Waals surface area contributed by atoms with Crippen molar-refractivity contribution in [2.75, 3.05) is 13.1 Å². The van der Waals surface area contributed by atoms with Crippen LogP contribution < -0.4 is 5.73 Å². The summed E-state index contributed by atoms with van der Waals surface area (Å²) in [6, 6.07) is 2.17. The highest BCUT2D eigenvalue weighted by molar-refractivity contribution is 6.06. The third-order valence-corrected chi connectivity index (χ3v) is 5.85. The fraction of sp³-hybridized carbons (Fsp3) is 0.667. The van der Waals surface area contributed by atoms with Gasteiger partial charge in [-0.1, -0.05) is 0 Å². The molecular weight excluding hydrogens is 409 g/mol. The molecule has 3 heterocycles. The lowest BCUT2D eigenvalue weighted by Gasteiger charge is -2.35. The second-order valence-electron chi connectivity index (χ2n) is 9.12. The third kappa shape index (κ3) is 4.39. The van der Waals surface area contributed by atoms with Crippen molar-refractivity contribution in [3.05, 3.63) is 23.0 Å². The van der Waals surface area contributed by atoms with Crippen molar-refractivity contribution in [2.45, 2.75) is 77.3 Å². The van der Waals surface area contributed by atoms with Gasteiger partial charge in [0.15, 0.2) is 5.65 Å². The zero-order valence-corrected chi connectivity index (χ0v) is 19.4. The number of aromatic nitrogens is 3. The monoisotopic (exact) mass is 441 g/mol. The highest BCUT2D eigenvalue weighted by Crippen LogP contribution is 2.41. The summed E-state index contributed by atoms with van der Waals surface area (Å²) in [6.45, 7) is 9.67. The molecule has 1 unspecified atom stereocenters. The van der Waals surface area contributed by atoms with Crippen LogP contribution in [0.3, 0.4) is 0 Å². The molecule has 1 aliphatic heterocycles. The standard InChI is InChI=1S/C21H31N5O.2ClH/c1-13-18-16(20(27)25-10-6-5-7-15(25)12-22)11-17(14-8-9-14)23-19(18)26(24-13)21(2,3)4;;/h11,14-15H,5-10,12,22H2,1-4H3;2*1H. The van der Waals surface area contributed by atoms with E-state index in [1.807, 2.05) is 22.6 Å². The number of nitrogens with two attached hydrogens (primary N) is 1. The van der Waals surface area contributed by atoms with E-state index in [9.17, 15) is 4.79 Å². The Kier molecular flexibility index (Phi) is 7.24. The van der Waals surface area contributed by atoms with E-state index >= 15 is 0 Å². The lowest BCUT2D eigenvalue weighted by molar-refractivity contribution is 0.0625. The van der Waals surface area contributed by atoms with E-state index in [4.69, 9.17) is 15.8 Å². The molecule has 29 heavy (non-hydrogen) atoms. The number of piperidine rings is 1. The Morgan fingerprint density at radius 2 is 1.90 bits per heavy atom. The van der Waals surface area contributed by atoms with E-state index < -0.39 is 0 Å². The number of halogens is 2. The molecule has 0 spiro atoms. The second-order valence-corrected chi connectivity index (χ2v) is 9.12. The Balaban J connectivity index is 0.00000150. The van der Waals surface area contributed by atoms with Gasteiger partial charge in [0.25, 0.3) is 5.91 Å². The molecule has 6 nitrogen and oxygen atoms in total. The van der Waals surface area contributed by atoms with Crippen molar-refractivity contribution in [2.24, 2.45) is 5.73 Å². The van der Waals surface area contributed by atoms with Crippen LogP contribution in [0.15, 0.2) is 6.07 Å². The number of rotatable bonds is 3. The topological polar surface area (TPSA) is 77.0 Å². The summed E-state index contributed by atoms with van der Waals surface area (Å²) in [5.41, 5.74) is 9.31. The quantitative estimate of drug-likeness (QED) is 0.774. The third-order valence-electron chi connectivity index (χ3n) is 5.85. The first-order valence-electron chi connectivity index (χ1n) is 10.2. The van der Waals surface area contributed by atoms with Gasteiger partial charge in [-0.2, -0.15) is 5.10 Å². The number of pyridine rings is 1. The average molecular weight is 442 g/mol. The lowest BCUT2D eigenvalue weighted by atomic mass is 9.99. The predicted octanol–water partition coefficient (Wildman–Crippen LogP) is 4.17. The Morgan fingerprint density at radius 1 is 1.21 bits per heavy atom. The molecule has 0 bridgehead atoms. The smallest absolute Gasteiger partial charge is 0.255 e. The number of amides is 1. The fourth-order valence-electron chi connectivity index (χ4n) is 4.20. The molecule has 1 saturated heterocycles. The van der Waals surface area contributed by atoms with E-state index in [0.717, 1.165) is 66.6 Å². The Labute approximate surface area is 185 Å². The molecule has 0 aromatic carbocycles. The zero-order chi connectivity index (χ0) is 19.3. The van der Waals surface area contributed by atoms with Gasteiger partial charge in [-0.25, -0.2) is 9.67 Å². The SMILES string of the molecule is Cc1nn(C(C)(C)C)c2nc(C3CC3)cc(C(=O)N3CCCCC3CN)c12.Cl.Cl. The summed E-state index contributed by atoms with van der Waals surface area (Å²) in [4.78, 5) is 20.5. The van der Waals surface area contributed by atoms with Gasteiger partial charge >= 0.3 is 0 Å². The number of likely N-dealkylation sites (tertiary alicyclic amines) is 1. The maximum atomic E-state index is 13.6. The molecular formula is C21H33Cl2N5O. The minimum absolute atomic E-state index is 0. The molecule has 2 aromatic rings. The number of carbonyl (C=O) groups excluding carboxylic acids is 1. The number of hydrogen-bond donors (Lipinski definition) is 1. The summed E-state index contributed by atoms with van der Waals surface area (Å²) in [5, 5.41) is 5.67. The van der Waals surface area contributed by atoms with Gasteiger partial charge < -0.3 is 10.6 Å². The highest BCUT2D eigenvalue weighted by atomic mass is 35.5. The van der Waals surface area contributed by atoms with Crippen LogP contribution in [0.25, 0.3) is 11.0 Å². The van der Waals surface area contributed by atoms with Gasteiger partial charge in [0.1, 0.15) is 0 Å². The Bertz CT molecular complexity index is 885. The molecule has 162 valence electrons. The largest absolute Gasteiger partial charge is 0.334 e. The second kappa shape index (κ2) is 8.78. The van der Waals surface area contributed by atoms with Crippen LogP contribution in [0.1, 0.15) is 80.5 Å². The molecule has 1 amide bonds. The summed E-state index contributed by atoms with van der Waals surface area (Å²) in [6.07, 6.45) is 5.50.